The number of allylic oxidation sites excluding steroid dienone is 1. The molecule has 0 saturated carbocycles. The van der Waals surface area contributed by atoms with Crippen molar-refractivity contribution >= 4 is 35.1 Å². The molecular formula is C21H18ClN3O2. The first-order valence-electron chi connectivity index (χ1n) is 8.32. The van der Waals surface area contributed by atoms with Crippen LogP contribution in [0.4, 0.5) is 5.69 Å². The van der Waals surface area contributed by atoms with Gasteiger partial charge in [0.1, 0.15) is 0 Å². The maximum absolute atomic E-state index is 12.4. The largest absolute Gasteiger partial charge is 0.322 e. The smallest absolute Gasteiger partial charge is 0.257 e. The number of rotatable bonds is 5. The van der Waals surface area contributed by atoms with Crippen LogP contribution in [0, 0.1) is 6.92 Å². The van der Waals surface area contributed by atoms with Crippen LogP contribution in [-0.2, 0) is 7.05 Å². The van der Waals surface area contributed by atoms with Crippen LogP contribution in [0.1, 0.15) is 32.0 Å². The van der Waals surface area contributed by atoms with Crippen LogP contribution in [-0.4, -0.2) is 21.5 Å². The van der Waals surface area contributed by atoms with Gasteiger partial charge in [0.15, 0.2) is 5.78 Å². The van der Waals surface area contributed by atoms with Crippen LogP contribution >= 0.6 is 11.6 Å². The van der Waals surface area contributed by atoms with E-state index in [9.17, 15) is 9.59 Å². The molecule has 2 aromatic carbocycles. The number of carbonyl (C=O) groups is 2. The molecule has 1 heterocycles. The van der Waals surface area contributed by atoms with E-state index in [1.54, 1.807) is 67.3 Å². The van der Waals surface area contributed by atoms with Gasteiger partial charge in [-0.05, 0) is 42.8 Å². The third-order valence-electron chi connectivity index (χ3n) is 3.97. The highest BCUT2D eigenvalue weighted by atomic mass is 35.5. The molecule has 1 amide bonds. The Morgan fingerprint density at radius 2 is 1.89 bits per heavy atom. The second kappa shape index (κ2) is 8.01. The Kier molecular flexibility index (Phi) is 5.52. The summed E-state index contributed by atoms with van der Waals surface area (Å²) in [5.41, 5.74) is 3.07. The summed E-state index contributed by atoms with van der Waals surface area (Å²) < 4.78 is 1.61. The Hall–Kier alpha value is -3.18. The number of anilines is 1. The average Bonchev–Trinajstić information content (AvgIpc) is 2.98. The van der Waals surface area contributed by atoms with Gasteiger partial charge in [-0.2, -0.15) is 5.10 Å². The summed E-state index contributed by atoms with van der Waals surface area (Å²) in [5.74, 6) is -0.408. The highest BCUT2D eigenvalue weighted by Gasteiger charge is 2.11. The minimum Gasteiger partial charge on any atom is -0.322 e. The standard InChI is InChI=1S/C21H18ClN3O2/c1-14-18(13-25(2)24-14)20(26)11-10-15-6-5-7-16(12-15)23-21(27)17-8-3-4-9-19(17)22/h3-13H,1-2H3,(H,23,27)/b11-10-. The Bertz CT molecular complexity index is 1040. The lowest BCUT2D eigenvalue weighted by Gasteiger charge is -2.07. The van der Waals surface area contributed by atoms with Crippen LogP contribution in [0.2, 0.25) is 5.02 Å². The molecule has 0 aliphatic rings. The van der Waals surface area contributed by atoms with Crippen molar-refractivity contribution in [3.05, 3.63) is 88.2 Å². The van der Waals surface area contributed by atoms with Crippen molar-refractivity contribution in [2.24, 2.45) is 7.05 Å². The minimum atomic E-state index is -0.288. The number of aryl methyl sites for hydroxylation is 2. The minimum absolute atomic E-state index is 0.119. The molecule has 1 aromatic heterocycles. The zero-order valence-electron chi connectivity index (χ0n) is 14.9. The van der Waals surface area contributed by atoms with Gasteiger partial charge in [0, 0.05) is 18.9 Å². The number of carbonyl (C=O) groups excluding carboxylic acids is 2. The number of hydrogen-bond acceptors (Lipinski definition) is 3. The van der Waals surface area contributed by atoms with Gasteiger partial charge in [-0.25, -0.2) is 0 Å². The number of amides is 1. The molecule has 27 heavy (non-hydrogen) atoms. The van der Waals surface area contributed by atoms with Gasteiger partial charge in [-0.3, -0.25) is 14.3 Å². The molecule has 0 saturated heterocycles. The molecule has 136 valence electrons. The fraction of sp³-hybridized carbons (Fsp3) is 0.0952. The number of ketones is 1. The van der Waals surface area contributed by atoms with Crippen LogP contribution in [0.25, 0.3) is 6.08 Å². The quantitative estimate of drug-likeness (QED) is 0.523. The van der Waals surface area contributed by atoms with Gasteiger partial charge in [0.05, 0.1) is 21.8 Å². The first-order valence-corrected chi connectivity index (χ1v) is 8.70. The van der Waals surface area contributed by atoms with Crippen LogP contribution in [0.5, 0.6) is 0 Å². The highest BCUT2D eigenvalue weighted by molar-refractivity contribution is 6.34. The van der Waals surface area contributed by atoms with Crippen molar-refractivity contribution in [3.8, 4) is 0 Å². The van der Waals surface area contributed by atoms with E-state index in [2.05, 4.69) is 10.4 Å². The first-order chi connectivity index (χ1) is 12.9. The molecule has 6 heteroatoms. The average molecular weight is 380 g/mol. The van der Waals surface area contributed by atoms with Gasteiger partial charge in [-0.15, -0.1) is 0 Å². The van der Waals surface area contributed by atoms with Crippen LogP contribution in [0.15, 0.2) is 60.8 Å². The van der Waals surface area contributed by atoms with Crippen molar-refractivity contribution in [3.63, 3.8) is 0 Å². The molecule has 3 rings (SSSR count). The lowest BCUT2D eigenvalue weighted by molar-refractivity contribution is 0.102. The number of nitrogens with one attached hydrogen (secondary N) is 1. The van der Waals surface area contributed by atoms with E-state index in [-0.39, 0.29) is 11.7 Å². The van der Waals surface area contributed by atoms with E-state index in [1.807, 2.05) is 12.1 Å². The molecule has 0 atom stereocenters. The van der Waals surface area contributed by atoms with Gasteiger partial charge in [0.25, 0.3) is 5.91 Å². The Morgan fingerprint density at radius 3 is 2.59 bits per heavy atom. The van der Waals surface area contributed by atoms with Crippen molar-refractivity contribution in [1.29, 1.82) is 0 Å². The lowest BCUT2D eigenvalue weighted by atomic mass is 10.1. The molecule has 0 bridgehead atoms. The van der Waals surface area contributed by atoms with Crippen LogP contribution < -0.4 is 5.32 Å². The van der Waals surface area contributed by atoms with Crippen molar-refractivity contribution in [1.82, 2.24) is 9.78 Å². The number of aromatic nitrogens is 2. The summed E-state index contributed by atoms with van der Waals surface area (Å²) >= 11 is 6.06. The predicted octanol–water partition coefficient (Wildman–Crippen LogP) is 4.53. The van der Waals surface area contributed by atoms with E-state index < -0.39 is 0 Å². The fourth-order valence-corrected chi connectivity index (χ4v) is 2.89. The van der Waals surface area contributed by atoms with Gasteiger partial charge >= 0.3 is 0 Å². The summed E-state index contributed by atoms with van der Waals surface area (Å²) in [7, 11) is 1.78. The normalized spacial score (nSPS) is 10.9. The number of hydrogen-bond donors (Lipinski definition) is 1. The molecule has 5 nitrogen and oxygen atoms in total. The van der Waals surface area contributed by atoms with E-state index in [0.717, 1.165) is 5.56 Å². The molecule has 0 aliphatic heterocycles. The number of benzene rings is 2. The van der Waals surface area contributed by atoms with Crippen molar-refractivity contribution in [2.45, 2.75) is 6.92 Å². The topological polar surface area (TPSA) is 64.0 Å². The molecule has 0 spiro atoms. The van der Waals surface area contributed by atoms with Crippen molar-refractivity contribution in [2.75, 3.05) is 5.32 Å². The highest BCUT2D eigenvalue weighted by Crippen LogP contribution is 2.18. The summed E-state index contributed by atoms with van der Waals surface area (Å²) in [6.45, 7) is 1.80. The van der Waals surface area contributed by atoms with E-state index in [4.69, 9.17) is 11.6 Å². The third-order valence-corrected chi connectivity index (χ3v) is 4.30. The SMILES string of the molecule is Cc1nn(C)cc1C(=O)/C=C\c1cccc(NC(=O)c2ccccc2Cl)c1. The predicted molar refractivity (Wildman–Crippen MR) is 107 cm³/mol. The second-order valence-electron chi connectivity index (χ2n) is 6.06. The van der Waals surface area contributed by atoms with Gasteiger partial charge < -0.3 is 5.32 Å². The fourth-order valence-electron chi connectivity index (χ4n) is 2.67. The molecule has 0 fully saturated rings. The van der Waals surface area contributed by atoms with Crippen molar-refractivity contribution < 1.29 is 9.59 Å². The molecule has 1 N–H and O–H groups in total. The maximum Gasteiger partial charge on any atom is 0.257 e. The first kappa shape index (κ1) is 18.6. The summed E-state index contributed by atoms with van der Waals surface area (Å²) in [4.78, 5) is 24.7. The summed E-state index contributed by atoms with van der Waals surface area (Å²) in [6.07, 6.45) is 4.90. The summed E-state index contributed by atoms with van der Waals surface area (Å²) in [5, 5.41) is 7.38. The molecule has 0 unspecified atom stereocenters. The molecular weight excluding hydrogens is 362 g/mol. The number of nitrogens with zero attached hydrogens (tertiary/aromatic N) is 2. The van der Waals surface area contributed by atoms with Gasteiger partial charge in [-0.1, -0.05) is 41.9 Å². The lowest BCUT2D eigenvalue weighted by Crippen LogP contribution is -2.12. The summed E-state index contributed by atoms with van der Waals surface area (Å²) in [6, 6.07) is 14.1. The Labute approximate surface area is 162 Å². The molecule has 3 aromatic rings. The Balaban J connectivity index is 1.74. The maximum atomic E-state index is 12.4. The zero-order valence-corrected chi connectivity index (χ0v) is 15.7. The van der Waals surface area contributed by atoms with E-state index in [1.165, 1.54) is 6.08 Å². The van der Waals surface area contributed by atoms with E-state index >= 15 is 0 Å². The molecule has 0 aliphatic carbocycles. The monoisotopic (exact) mass is 379 g/mol. The Morgan fingerprint density at radius 1 is 1.11 bits per heavy atom. The van der Waals surface area contributed by atoms with Gasteiger partial charge in [0.2, 0.25) is 0 Å². The zero-order chi connectivity index (χ0) is 19.4. The van der Waals surface area contributed by atoms with Crippen LogP contribution in [0.3, 0.4) is 0 Å². The second-order valence-corrected chi connectivity index (χ2v) is 6.47. The number of halogens is 1. The third kappa shape index (κ3) is 4.51. The molecule has 0 radical (unpaired) electrons. The van der Waals surface area contributed by atoms with E-state index in [0.29, 0.717) is 27.5 Å².